The summed E-state index contributed by atoms with van der Waals surface area (Å²) < 4.78 is 5.01. The second-order valence-corrected chi connectivity index (χ2v) is 5.84. The molecule has 0 bridgehead atoms. The molecule has 1 aromatic rings. The van der Waals surface area contributed by atoms with Crippen LogP contribution < -0.4 is 0 Å². The summed E-state index contributed by atoms with van der Waals surface area (Å²) in [5, 5.41) is 27.7. The Morgan fingerprint density at radius 1 is 1.35 bits per heavy atom. The molecular formula is C14H22O5S. The van der Waals surface area contributed by atoms with Crippen LogP contribution in [0.15, 0.2) is 12.1 Å². The van der Waals surface area contributed by atoms with Crippen LogP contribution in [0.25, 0.3) is 0 Å². The van der Waals surface area contributed by atoms with Gasteiger partial charge in [0.2, 0.25) is 0 Å². The highest BCUT2D eigenvalue weighted by molar-refractivity contribution is 7.13. The van der Waals surface area contributed by atoms with Gasteiger partial charge in [-0.1, -0.05) is 13.3 Å². The van der Waals surface area contributed by atoms with E-state index in [-0.39, 0.29) is 26.1 Å². The van der Waals surface area contributed by atoms with Crippen LogP contribution in [0.3, 0.4) is 0 Å². The molecule has 0 aliphatic carbocycles. The van der Waals surface area contributed by atoms with Gasteiger partial charge in [-0.25, -0.2) is 4.79 Å². The summed E-state index contributed by atoms with van der Waals surface area (Å²) >= 11 is 1.40. The number of aliphatic hydroxyl groups excluding tert-OH is 3. The van der Waals surface area contributed by atoms with Crippen LogP contribution in [0.5, 0.6) is 0 Å². The molecule has 1 rings (SSSR count). The van der Waals surface area contributed by atoms with Crippen molar-refractivity contribution in [2.45, 2.75) is 44.8 Å². The highest BCUT2D eigenvalue weighted by Crippen LogP contribution is 2.19. The van der Waals surface area contributed by atoms with Crippen molar-refractivity contribution < 1.29 is 24.9 Å². The first kappa shape index (κ1) is 17.1. The van der Waals surface area contributed by atoms with Gasteiger partial charge < -0.3 is 20.1 Å². The maximum absolute atomic E-state index is 11.8. The predicted octanol–water partition coefficient (Wildman–Crippen LogP) is 1.35. The zero-order valence-electron chi connectivity index (χ0n) is 11.6. The maximum Gasteiger partial charge on any atom is 0.348 e. The Morgan fingerprint density at radius 3 is 2.75 bits per heavy atom. The third kappa shape index (κ3) is 6.00. The number of thiophene rings is 1. The Balaban J connectivity index is 2.34. The normalized spacial score (nSPS) is 14.0. The highest BCUT2D eigenvalue weighted by atomic mass is 32.1. The molecule has 0 saturated carbocycles. The lowest BCUT2D eigenvalue weighted by Crippen LogP contribution is -2.24. The van der Waals surface area contributed by atoms with E-state index >= 15 is 0 Å². The van der Waals surface area contributed by atoms with Crippen LogP contribution in [0.1, 0.15) is 40.7 Å². The van der Waals surface area contributed by atoms with E-state index < -0.39 is 18.2 Å². The Kier molecular flexibility index (Phi) is 7.76. The van der Waals surface area contributed by atoms with Gasteiger partial charge >= 0.3 is 5.97 Å². The maximum atomic E-state index is 11.8. The van der Waals surface area contributed by atoms with Crippen molar-refractivity contribution in [3.63, 3.8) is 0 Å². The summed E-state index contributed by atoms with van der Waals surface area (Å²) in [5.41, 5.74) is 0. The van der Waals surface area contributed by atoms with Crippen LogP contribution in [0, 0.1) is 0 Å². The summed E-state index contributed by atoms with van der Waals surface area (Å²) in [5.74, 6) is -0.451. The molecule has 1 heterocycles. The summed E-state index contributed by atoms with van der Waals surface area (Å²) in [6.45, 7) is 1.79. The van der Waals surface area contributed by atoms with Crippen LogP contribution in [0.4, 0.5) is 0 Å². The van der Waals surface area contributed by atoms with E-state index in [0.29, 0.717) is 4.88 Å². The molecule has 0 aromatic carbocycles. The highest BCUT2D eigenvalue weighted by Gasteiger charge is 2.16. The van der Waals surface area contributed by atoms with E-state index in [2.05, 4.69) is 6.92 Å². The first-order valence-corrected chi connectivity index (χ1v) is 7.61. The van der Waals surface area contributed by atoms with Crippen molar-refractivity contribution in [3.05, 3.63) is 21.9 Å². The van der Waals surface area contributed by atoms with Crippen LogP contribution in [0.2, 0.25) is 0 Å². The molecule has 3 N–H and O–H groups in total. The van der Waals surface area contributed by atoms with Crippen molar-refractivity contribution in [1.29, 1.82) is 0 Å². The molecule has 0 radical (unpaired) electrons. The van der Waals surface area contributed by atoms with Gasteiger partial charge in [-0.3, -0.25) is 0 Å². The van der Waals surface area contributed by atoms with Gasteiger partial charge in [-0.2, -0.15) is 0 Å². The minimum Gasteiger partial charge on any atom is -0.459 e. The molecule has 6 heteroatoms. The number of aryl methyl sites for hydroxylation is 1. The van der Waals surface area contributed by atoms with Gasteiger partial charge in [0.05, 0.1) is 12.2 Å². The smallest absolute Gasteiger partial charge is 0.348 e. The predicted molar refractivity (Wildman–Crippen MR) is 76.9 cm³/mol. The fraction of sp³-hybridized carbons (Fsp3) is 0.643. The Hall–Kier alpha value is -0.950. The van der Waals surface area contributed by atoms with E-state index in [1.165, 1.54) is 11.3 Å². The average molecular weight is 302 g/mol. The SMILES string of the molecule is CCCc1ccc(C(=O)OCC(O)CC(O)CCO)s1. The van der Waals surface area contributed by atoms with E-state index in [4.69, 9.17) is 9.84 Å². The van der Waals surface area contributed by atoms with Crippen LogP contribution in [-0.4, -0.2) is 46.7 Å². The monoisotopic (exact) mass is 302 g/mol. The zero-order valence-corrected chi connectivity index (χ0v) is 12.4. The zero-order chi connectivity index (χ0) is 15.0. The topological polar surface area (TPSA) is 87.0 Å². The first-order valence-electron chi connectivity index (χ1n) is 6.79. The molecule has 2 atom stereocenters. The van der Waals surface area contributed by atoms with Crippen molar-refractivity contribution in [3.8, 4) is 0 Å². The second-order valence-electron chi connectivity index (χ2n) is 4.67. The molecule has 5 nitrogen and oxygen atoms in total. The van der Waals surface area contributed by atoms with Crippen molar-refractivity contribution in [2.75, 3.05) is 13.2 Å². The number of hydrogen-bond acceptors (Lipinski definition) is 6. The first-order chi connectivity index (χ1) is 9.56. The molecule has 0 amide bonds. The van der Waals surface area contributed by atoms with Gasteiger partial charge in [-0.15, -0.1) is 11.3 Å². The lowest BCUT2D eigenvalue weighted by molar-refractivity contribution is 0.00615. The number of aliphatic hydroxyl groups is 3. The summed E-state index contributed by atoms with van der Waals surface area (Å²) in [6, 6.07) is 3.64. The van der Waals surface area contributed by atoms with Gasteiger partial charge in [0, 0.05) is 17.9 Å². The number of esters is 1. The number of carbonyl (C=O) groups excluding carboxylic acids is 1. The Labute approximate surface area is 122 Å². The van der Waals surface area contributed by atoms with E-state index in [1.807, 2.05) is 6.07 Å². The quantitative estimate of drug-likeness (QED) is 0.599. The number of rotatable bonds is 9. The average Bonchev–Trinajstić information content (AvgIpc) is 2.85. The molecule has 0 aliphatic rings. The van der Waals surface area contributed by atoms with E-state index in [1.54, 1.807) is 6.07 Å². The number of hydrogen-bond donors (Lipinski definition) is 3. The Morgan fingerprint density at radius 2 is 2.10 bits per heavy atom. The molecule has 114 valence electrons. The molecule has 0 saturated heterocycles. The fourth-order valence-corrected chi connectivity index (χ4v) is 2.76. The van der Waals surface area contributed by atoms with Crippen molar-refractivity contribution in [1.82, 2.24) is 0 Å². The molecule has 2 unspecified atom stereocenters. The third-order valence-corrected chi connectivity index (χ3v) is 3.90. The minimum absolute atomic E-state index is 0.0827. The molecule has 0 aliphatic heterocycles. The number of ether oxygens (including phenoxy) is 1. The second kappa shape index (κ2) is 9.07. The fourth-order valence-electron chi connectivity index (χ4n) is 1.76. The molecule has 0 fully saturated rings. The van der Waals surface area contributed by atoms with Gasteiger partial charge in [0.15, 0.2) is 0 Å². The number of carbonyl (C=O) groups is 1. The Bertz CT molecular complexity index is 404. The van der Waals surface area contributed by atoms with Crippen LogP contribution in [-0.2, 0) is 11.2 Å². The van der Waals surface area contributed by atoms with Crippen molar-refractivity contribution >= 4 is 17.3 Å². The van der Waals surface area contributed by atoms with E-state index in [9.17, 15) is 15.0 Å². The van der Waals surface area contributed by atoms with Gasteiger partial charge in [0.1, 0.15) is 11.5 Å². The van der Waals surface area contributed by atoms with Crippen molar-refractivity contribution in [2.24, 2.45) is 0 Å². The molecular weight excluding hydrogens is 280 g/mol. The molecule has 1 aromatic heterocycles. The standard InChI is InChI=1S/C14H22O5S/c1-2-3-12-4-5-13(20-12)14(18)19-9-11(17)8-10(16)6-7-15/h4-5,10-11,15-17H,2-3,6-9H2,1H3. The lowest BCUT2D eigenvalue weighted by atomic mass is 10.1. The summed E-state index contributed by atoms with van der Waals surface area (Å²) in [4.78, 5) is 13.4. The van der Waals surface area contributed by atoms with E-state index in [0.717, 1.165) is 17.7 Å². The minimum atomic E-state index is -0.921. The molecule has 0 spiro atoms. The lowest BCUT2D eigenvalue weighted by Gasteiger charge is -2.14. The van der Waals surface area contributed by atoms with Gasteiger partial charge in [-0.05, 0) is 25.0 Å². The largest absolute Gasteiger partial charge is 0.459 e. The summed E-state index contributed by atoms with van der Waals surface area (Å²) in [6.07, 6.45) is 0.544. The summed E-state index contributed by atoms with van der Waals surface area (Å²) in [7, 11) is 0. The molecule has 20 heavy (non-hydrogen) atoms. The van der Waals surface area contributed by atoms with Gasteiger partial charge in [0.25, 0.3) is 0 Å². The van der Waals surface area contributed by atoms with Crippen LogP contribution >= 0.6 is 11.3 Å². The third-order valence-electron chi connectivity index (χ3n) is 2.77.